The highest BCUT2D eigenvalue weighted by Gasteiger charge is 2.16. The Labute approximate surface area is 231 Å². The van der Waals surface area contributed by atoms with Gasteiger partial charge in [-0.15, -0.1) is 0 Å². The third kappa shape index (κ3) is 7.24. The lowest BCUT2D eigenvalue weighted by Gasteiger charge is -2.15. The van der Waals surface area contributed by atoms with Gasteiger partial charge in [-0.1, -0.05) is 29.8 Å². The molecule has 0 fully saturated rings. The molecule has 7 nitrogen and oxygen atoms in total. The molecule has 0 saturated heterocycles. The molecular weight excluding hydrogens is 546 g/mol. The van der Waals surface area contributed by atoms with Crippen molar-refractivity contribution in [1.29, 1.82) is 5.26 Å². The summed E-state index contributed by atoms with van der Waals surface area (Å²) in [6, 6.07) is 16.7. The number of hydrogen-bond acceptors (Lipinski definition) is 5. The van der Waals surface area contributed by atoms with Gasteiger partial charge in [0.1, 0.15) is 11.6 Å². The number of nitriles is 1. The Morgan fingerprint density at radius 2 is 1.74 bits per heavy atom. The molecule has 0 aliphatic rings. The number of rotatable bonds is 9. The van der Waals surface area contributed by atoms with Crippen molar-refractivity contribution in [2.45, 2.75) is 34.6 Å². The third-order valence-corrected chi connectivity index (χ3v) is 6.45. The lowest BCUT2D eigenvalue weighted by Crippen LogP contribution is -2.21. The van der Waals surface area contributed by atoms with Crippen molar-refractivity contribution in [2.75, 3.05) is 23.8 Å². The van der Waals surface area contributed by atoms with E-state index in [0.717, 1.165) is 27.9 Å². The maximum absolute atomic E-state index is 12.8. The Morgan fingerprint density at radius 3 is 2.42 bits per heavy atom. The second kappa shape index (κ2) is 12.9. The molecule has 196 valence electrons. The number of benzene rings is 3. The first-order valence-corrected chi connectivity index (χ1v) is 12.9. The van der Waals surface area contributed by atoms with Crippen molar-refractivity contribution in [3.63, 3.8) is 0 Å². The number of nitrogens with one attached hydrogen (secondary N) is 2. The van der Waals surface area contributed by atoms with E-state index in [9.17, 15) is 14.9 Å². The van der Waals surface area contributed by atoms with Gasteiger partial charge < -0.3 is 20.1 Å². The molecule has 3 rings (SSSR count). The molecule has 0 heterocycles. The second-order valence-electron chi connectivity index (χ2n) is 8.79. The van der Waals surface area contributed by atoms with Crippen LogP contribution < -0.4 is 20.1 Å². The van der Waals surface area contributed by atoms with Crippen LogP contribution >= 0.6 is 15.9 Å². The zero-order valence-electron chi connectivity index (χ0n) is 22.1. The van der Waals surface area contributed by atoms with E-state index < -0.39 is 5.91 Å². The fraction of sp³-hybridized carbons (Fsp3) is 0.233. The monoisotopic (exact) mass is 575 g/mol. The van der Waals surface area contributed by atoms with Gasteiger partial charge in [0.05, 0.1) is 11.1 Å². The summed E-state index contributed by atoms with van der Waals surface area (Å²) in [5.41, 5.74) is 5.89. The highest BCUT2D eigenvalue weighted by atomic mass is 79.9. The van der Waals surface area contributed by atoms with Crippen LogP contribution in [-0.2, 0) is 9.59 Å². The van der Waals surface area contributed by atoms with Gasteiger partial charge in [-0.05, 0) is 103 Å². The Hall–Kier alpha value is -4.09. The van der Waals surface area contributed by atoms with Crippen LogP contribution in [0.15, 0.2) is 58.6 Å². The van der Waals surface area contributed by atoms with Gasteiger partial charge >= 0.3 is 0 Å². The van der Waals surface area contributed by atoms with Crippen LogP contribution in [0.2, 0.25) is 0 Å². The summed E-state index contributed by atoms with van der Waals surface area (Å²) in [6.07, 6.45) is 1.48. The van der Waals surface area contributed by atoms with Gasteiger partial charge in [0.25, 0.3) is 11.8 Å². The van der Waals surface area contributed by atoms with Gasteiger partial charge in [-0.25, -0.2) is 0 Å². The minimum atomic E-state index is -0.515. The lowest BCUT2D eigenvalue weighted by molar-refractivity contribution is -0.118. The van der Waals surface area contributed by atoms with Crippen LogP contribution in [0.5, 0.6) is 11.5 Å². The first-order chi connectivity index (χ1) is 18.1. The van der Waals surface area contributed by atoms with Crippen molar-refractivity contribution in [3.8, 4) is 17.6 Å². The quantitative estimate of drug-likeness (QED) is 0.220. The van der Waals surface area contributed by atoms with Crippen LogP contribution in [-0.4, -0.2) is 25.0 Å². The first-order valence-electron chi connectivity index (χ1n) is 12.1. The number of anilines is 2. The van der Waals surface area contributed by atoms with E-state index >= 15 is 0 Å². The molecule has 0 spiro atoms. The molecule has 0 unspecified atom stereocenters. The largest absolute Gasteiger partial charge is 0.490 e. The maximum Gasteiger partial charge on any atom is 0.266 e. The number of nitrogens with zero attached hydrogens (tertiary/aromatic N) is 1. The second-order valence-corrected chi connectivity index (χ2v) is 9.64. The number of aryl methyl sites for hydroxylation is 3. The van der Waals surface area contributed by atoms with Gasteiger partial charge in [0, 0.05) is 11.4 Å². The van der Waals surface area contributed by atoms with Crippen LogP contribution in [0.3, 0.4) is 0 Å². The third-order valence-electron chi connectivity index (χ3n) is 5.86. The SMILES string of the molecule is CCOc1cc(/C=C(/C#N)C(=O)Nc2cccc(C)c2C)cc(Br)c1OCC(=O)Nc1ccc(C)cc1C. The zero-order chi connectivity index (χ0) is 27.8. The molecule has 0 aliphatic heterocycles. The molecular formula is C30H30BrN3O4. The Balaban J connectivity index is 1.79. The fourth-order valence-electron chi connectivity index (χ4n) is 3.74. The standard InChI is InChI=1S/C30H30BrN3O4/c1-6-37-27-15-22(13-23(16-32)30(36)34-26-9-7-8-19(3)21(26)5)14-24(31)29(27)38-17-28(35)33-25-11-10-18(2)12-20(25)4/h7-15H,6,17H2,1-5H3,(H,33,35)(H,34,36)/b23-13-. The number of carbonyl (C=O) groups is 2. The summed E-state index contributed by atoms with van der Waals surface area (Å²) < 4.78 is 12.1. The zero-order valence-corrected chi connectivity index (χ0v) is 23.7. The van der Waals surface area contributed by atoms with E-state index in [4.69, 9.17) is 9.47 Å². The molecule has 0 aromatic heterocycles. The van der Waals surface area contributed by atoms with E-state index in [2.05, 4.69) is 26.6 Å². The minimum absolute atomic E-state index is 0.0678. The molecule has 0 atom stereocenters. The molecule has 0 saturated carbocycles. The molecule has 0 aliphatic carbocycles. The van der Waals surface area contributed by atoms with Crippen LogP contribution in [0, 0.1) is 39.0 Å². The Bertz CT molecular complexity index is 1440. The molecule has 3 aromatic carbocycles. The molecule has 8 heteroatoms. The van der Waals surface area contributed by atoms with Crippen LogP contribution in [0.4, 0.5) is 11.4 Å². The summed E-state index contributed by atoms with van der Waals surface area (Å²) in [5.74, 6) is -0.110. The molecule has 3 aromatic rings. The normalized spacial score (nSPS) is 10.9. The molecule has 2 N–H and O–H groups in total. The van der Waals surface area contributed by atoms with E-state index in [-0.39, 0.29) is 18.1 Å². The molecule has 38 heavy (non-hydrogen) atoms. The van der Waals surface area contributed by atoms with E-state index in [1.165, 1.54) is 6.08 Å². The highest BCUT2D eigenvalue weighted by Crippen LogP contribution is 2.37. The Kier molecular flexibility index (Phi) is 9.69. The molecule has 2 amide bonds. The van der Waals surface area contributed by atoms with Gasteiger partial charge in [-0.3, -0.25) is 9.59 Å². The van der Waals surface area contributed by atoms with E-state index in [0.29, 0.717) is 33.8 Å². The predicted octanol–water partition coefficient (Wildman–Crippen LogP) is 6.64. The highest BCUT2D eigenvalue weighted by molar-refractivity contribution is 9.10. The van der Waals surface area contributed by atoms with Crippen molar-refractivity contribution < 1.29 is 19.1 Å². The van der Waals surface area contributed by atoms with Crippen LogP contribution in [0.25, 0.3) is 6.08 Å². The van der Waals surface area contributed by atoms with E-state index in [1.807, 2.05) is 71.0 Å². The van der Waals surface area contributed by atoms with Crippen molar-refractivity contribution >= 4 is 45.2 Å². The molecule has 0 radical (unpaired) electrons. The topological polar surface area (TPSA) is 100 Å². The predicted molar refractivity (Wildman–Crippen MR) is 153 cm³/mol. The summed E-state index contributed by atoms with van der Waals surface area (Å²) in [6.45, 7) is 9.72. The summed E-state index contributed by atoms with van der Waals surface area (Å²) >= 11 is 3.48. The van der Waals surface area contributed by atoms with E-state index in [1.54, 1.807) is 18.2 Å². The van der Waals surface area contributed by atoms with Gasteiger partial charge in [-0.2, -0.15) is 5.26 Å². The Morgan fingerprint density at radius 1 is 0.974 bits per heavy atom. The molecule has 0 bridgehead atoms. The fourth-order valence-corrected chi connectivity index (χ4v) is 4.32. The number of halogens is 1. The number of hydrogen-bond donors (Lipinski definition) is 2. The number of amides is 2. The van der Waals surface area contributed by atoms with Crippen molar-refractivity contribution in [1.82, 2.24) is 0 Å². The summed E-state index contributed by atoms with van der Waals surface area (Å²) in [4.78, 5) is 25.4. The number of carbonyl (C=O) groups excluding carboxylic acids is 2. The smallest absolute Gasteiger partial charge is 0.266 e. The average Bonchev–Trinajstić information content (AvgIpc) is 2.86. The van der Waals surface area contributed by atoms with Crippen LogP contribution in [0.1, 0.15) is 34.7 Å². The minimum Gasteiger partial charge on any atom is -0.490 e. The van der Waals surface area contributed by atoms with Crippen molar-refractivity contribution in [2.24, 2.45) is 0 Å². The summed E-state index contributed by atoms with van der Waals surface area (Å²) in [7, 11) is 0. The average molecular weight is 576 g/mol. The number of ether oxygens (including phenoxy) is 2. The first kappa shape index (κ1) is 28.5. The van der Waals surface area contributed by atoms with Gasteiger partial charge in [0.2, 0.25) is 0 Å². The summed E-state index contributed by atoms with van der Waals surface area (Å²) in [5, 5.41) is 15.3. The maximum atomic E-state index is 12.8. The van der Waals surface area contributed by atoms with Crippen molar-refractivity contribution in [3.05, 3.63) is 86.4 Å². The lowest BCUT2D eigenvalue weighted by atomic mass is 10.1. The van der Waals surface area contributed by atoms with Gasteiger partial charge in [0.15, 0.2) is 18.1 Å².